The lowest BCUT2D eigenvalue weighted by atomic mass is 10.3. The number of phenolic OH excluding ortho intramolecular Hbond substituents is 1. The summed E-state index contributed by atoms with van der Waals surface area (Å²) in [4.78, 5) is 35.6. The number of aromatic hydroxyl groups is 1. The van der Waals surface area contributed by atoms with E-state index in [1.807, 2.05) is 4.98 Å². The number of hydrogen-bond donors (Lipinski definition) is 7. The predicted octanol–water partition coefficient (Wildman–Crippen LogP) is 4.72. The molecule has 55 heavy (non-hydrogen) atoms. The highest BCUT2D eigenvalue weighted by molar-refractivity contribution is 7.86. The number of nitrogens with zero attached hydrogens (tertiary/aromatic N) is 8. The first kappa shape index (κ1) is 38.5. The number of hydrogen-bond acceptors (Lipinski definition) is 14. The molecular formula is C29H20Cl2F2N12O8S2. The predicted molar refractivity (Wildman–Crippen MR) is 188 cm³/mol. The number of aromatic amines is 3. The average Bonchev–Trinajstić information content (AvgIpc) is 3.37. The molecule has 26 heteroatoms. The van der Waals surface area contributed by atoms with E-state index in [1.54, 1.807) is 0 Å². The molecule has 3 aromatic heterocycles. The third-order valence-electron chi connectivity index (χ3n) is 7.05. The van der Waals surface area contributed by atoms with Crippen molar-refractivity contribution in [3.05, 3.63) is 110 Å². The number of azo groups is 1. The van der Waals surface area contributed by atoms with E-state index in [-0.39, 0.29) is 39.6 Å². The van der Waals surface area contributed by atoms with Gasteiger partial charge in [-0.25, -0.2) is 14.7 Å². The molecule has 0 radical (unpaired) electrons. The third kappa shape index (κ3) is 8.80. The summed E-state index contributed by atoms with van der Waals surface area (Å²) in [5.41, 5.74) is -1.53. The minimum atomic E-state index is -4.87. The molecule has 0 aliphatic carbocycles. The Morgan fingerprint density at radius 3 is 2.27 bits per heavy atom. The van der Waals surface area contributed by atoms with Crippen molar-refractivity contribution < 1.29 is 39.8 Å². The maximum absolute atomic E-state index is 13.8. The Kier molecular flexibility index (Phi) is 10.5. The molecule has 6 aromatic rings. The van der Waals surface area contributed by atoms with Gasteiger partial charge in [0.1, 0.15) is 21.4 Å². The van der Waals surface area contributed by atoms with Gasteiger partial charge in [-0.1, -0.05) is 11.6 Å². The Balaban J connectivity index is 1.28. The van der Waals surface area contributed by atoms with E-state index in [0.717, 1.165) is 41.1 Å². The summed E-state index contributed by atoms with van der Waals surface area (Å²) in [6, 6.07) is 12.0. The molecule has 0 bridgehead atoms. The van der Waals surface area contributed by atoms with Crippen LogP contribution in [0.1, 0.15) is 5.69 Å². The smallest absolute Gasteiger partial charge is 0.299 e. The minimum Gasteiger partial charge on any atom is -0.506 e. The molecule has 0 atom stereocenters. The van der Waals surface area contributed by atoms with Gasteiger partial charge in [0.15, 0.2) is 11.2 Å². The zero-order valence-corrected chi connectivity index (χ0v) is 30.2. The van der Waals surface area contributed by atoms with E-state index in [2.05, 4.69) is 50.6 Å². The van der Waals surface area contributed by atoms with E-state index in [4.69, 9.17) is 23.2 Å². The molecule has 0 saturated carbocycles. The molecule has 0 fully saturated rings. The fraction of sp³-hybridized carbons (Fsp3) is 0.0345. The highest BCUT2D eigenvalue weighted by Gasteiger charge is 2.18. The number of H-pyrrole nitrogens is 3. The topological polar surface area (TPSA) is 298 Å². The molecule has 0 spiro atoms. The zero-order valence-electron chi connectivity index (χ0n) is 27.1. The van der Waals surface area contributed by atoms with Gasteiger partial charge in [0.2, 0.25) is 22.8 Å². The molecule has 0 amide bonds. The van der Waals surface area contributed by atoms with Gasteiger partial charge in [0.25, 0.3) is 31.9 Å². The van der Waals surface area contributed by atoms with Crippen LogP contribution < -0.4 is 22.0 Å². The van der Waals surface area contributed by atoms with Crippen molar-refractivity contribution in [3.8, 4) is 11.4 Å². The molecule has 3 aromatic carbocycles. The van der Waals surface area contributed by atoms with Crippen LogP contribution in [0.4, 0.5) is 43.2 Å². The quantitative estimate of drug-likeness (QED) is 0.0450. The summed E-state index contributed by atoms with van der Waals surface area (Å²) >= 11 is 12.0. The summed E-state index contributed by atoms with van der Waals surface area (Å²) in [5.74, 6) is -1.96. The highest BCUT2D eigenvalue weighted by atomic mass is 35.5. The molecule has 0 aliphatic heterocycles. The van der Waals surface area contributed by atoms with Crippen molar-refractivity contribution in [1.29, 1.82) is 0 Å². The van der Waals surface area contributed by atoms with Crippen LogP contribution in [0.15, 0.2) is 95.5 Å². The van der Waals surface area contributed by atoms with Crippen LogP contribution in [0.5, 0.6) is 5.75 Å². The van der Waals surface area contributed by atoms with Crippen molar-refractivity contribution in [2.45, 2.75) is 16.7 Å². The van der Waals surface area contributed by atoms with Gasteiger partial charge in [-0.05, 0) is 79.2 Å². The average molecular weight is 838 g/mol. The van der Waals surface area contributed by atoms with Crippen LogP contribution in [-0.4, -0.2) is 65.7 Å². The van der Waals surface area contributed by atoms with Crippen LogP contribution in [0, 0.1) is 18.9 Å². The largest absolute Gasteiger partial charge is 0.506 e. The van der Waals surface area contributed by atoms with Gasteiger partial charge in [0.05, 0.1) is 27.7 Å². The fourth-order valence-corrected chi connectivity index (χ4v) is 6.00. The Morgan fingerprint density at radius 1 is 0.855 bits per heavy atom. The van der Waals surface area contributed by atoms with E-state index < -0.39 is 69.6 Å². The molecule has 3 heterocycles. The van der Waals surface area contributed by atoms with Gasteiger partial charge >= 0.3 is 0 Å². The van der Waals surface area contributed by atoms with Gasteiger partial charge in [0, 0.05) is 5.69 Å². The number of benzene rings is 3. The molecule has 284 valence electrons. The van der Waals surface area contributed by atoms with Crippen molar-refractivity contribution in [2.75, 3.05) is 5.32 Å². The van der Waals surface area contributed by atoms with Gasteiger partial charge in [-0.2, -0.15) is 40.6 Å². The number of phenols is 1. The standard InChI is InChI=1S/C29H20Cl2F2N12O8S2/c1-12-22(43-42-17-11-16(54(48,49)50)7-8-19(17)46)25(47)45(44-12)15-5-2-13(3-6-15)35-28-39-26(31)40-29(41-28)36-18-10-14(4-9-20(18)55(51,52)53)34-24-21(30)23(32)37-27(33)38-24/h2-11,44,46H,1H3,(H,34,37,38)(H,48,49,50)(H,51,52,53)(H2,35,36,39,40,41). The van der Waals surface area contributed by atoms with Crippen LogP contribution in [0.25, 0.3) is 5.69 Å². The summed E-state index contributed by atoms with van der Waals surface area (Å²) in [5, 5.41) is 22.4. The lowest BCUT2D eigenvalue weighted by molar-refractivity contribution is 0.473. The minimum absolute atomic E-state index is 0.107. The maximum atomic E-state index is 13.8. The lowest BCUT2D eigenvalue weighted by Crippen LogP contribution is -2.17. The highest BCUT2D eigenvalue weighted by Crippen LogP contribution is 2.31. The van der Waals surface area contributed by atoms with Crippen molar-refractivity contribution in [2.24, 2.45) is 20.2 Å². The number of nitrogens with one attached hydrogen (secondary N) is 4. The summed E-state index contributed by atoms with van der Waals surface area (Å²) in [6.07, 6.45) is -1.34. The van der Waals surface area contributed by atoms with Crippen LogP contribution in [-0.2, 0) is 20.2 Å². The van der Waals surface area contributed by atoms with E-state index in [0.29, 0.717) is 11.4 Å². The number of rotatable bonds is 9. The van der Waals surface area contributed by atoms with E-state index in [1.165, 1.54) is 31.2 Å². The maximum Gasteiger partial charge on any atom is 0.299 e. The summed E-state index contributed by atoms with van der Waals surface area (Å²) < 4.78 is 94.8. The molecule has 0 saturated heterocycles. The van der Waals surface area contributed by atoms with Gasteiger partial charge < -0.3 is 10.4 Å². The molecule has 0 unspecified atom stereocenters. The SMILES string of the molecule is Cc1[nH]n(-c2ccc(Nc3nc(Cl)[nH]c(=Nc4cc(N=c5[nH]c(F)nc(F)c5Cl)ccc4S(=O)(=O)O)n3)cc2)c(=O)c1N=Nc1cc(S(=O)(=O)O)ccc1O. The summed E-state index contributed by atoms with van der Waals surface area (Å²) in [6.45, 7) is 1.52. The second-order valence-corrected chi connectivity index (χ2v) is 14.4. The second kappa shape index (κ2) is 14.9. The second-order valence-electron chi connectivity index (χ2n) is 10.8. The Labute approximate surface area is 315 Å². The van der Waals surface area contributed by atoms with Crippen LogP contribution >= 0.6 is 23.2 Å². The Bertz CT molecular complexity index is 2970. The number of aromatic nitrogens is 7. The van der Waals surface area contributed by atoms with Gasteiger partial charge in [-0.3, -0.25) is 29.0 Å². The molecule has 6 rings (SSSR count). The molecule has 7 N–H and O–H groups in total. The number of aryl methyl sites for hydroxylation is 1. The summed E-state index contributed by atoms with van der Waals surface area (Å²) in [7, 11) is -9.47. The Morgan fingerprint density at radius 2 is 1.58 bits per heavy atom. The Hall–Kier alpha value is -6.18. The normalized spacial score (nSPS) is 12.9. The number of halogens is 4. The van der Waals surface area contributed by atoms with E-state index in [9.17, 15) is 44.6 Å². The lowest BCUT2D eigenvalue weighted by Gasteiger charge is -2.07. The molecule has 0 aliphatic rings. The first-order valence-electron chi connectivity index (χ1n) is 14.7. The first-order chi connectivity index (χ1) is 25.8. The molecular weight excluding hydrogens is 817 g/mol. The number of anilines is 2. The monoisotopic (exact) mass is 836 g/mol. The first-order valence-corrected chi connectivity index (χ1v) is 18.4. The molecule has 20 nitrogen and oxygen atoms in total. The van der Waals surface area contributed by atoms with Crippen LogP contribution in [0.3, 0.4) is 0 Å². The van der Waals surface area contributed by atoms with Crippen molar-refractivity contribution in [3.63, 3.8) is 0 Å². The van der Waals surface area contributed by atoms with Crippen LogP contribution in [0.2, 0.25) is 10.3 Å². The van der Waals surface area contributed by atoms with Gasteiger partial charge in [-0.15, -0.1) is 10.2 Å². The van der Waals surface area contributed by atoms with Crippen molar-refractivity contribution in [1.82, 2.24) is 34.7 Å². The fourth-order valence-electron chi connectivity index (χ4n) is 4.60. The zero-order chi connectivity index (χ0) is 39.8. The van der Waals surface area contributed by atoms with E-state index >= 15 is 0 Å². The third-order valence-corrected chi connectivity index (χ3v) is 9.31. The van der Waals surface area contributed by atoms with Crippen molar-refractivity contribution >= 4 is 77.8 Å².